The van der Waals surface area contributed by atoms with Crippen LogP contribution in [0.1, 0.15) is 18.4 Å². The summed E-state index contributed by atoms with van der Waals surface area (Å²) in [6.45, 7) is 2.36. The minimum absolute atomic E-state index is 0.123. The number of para-hydroxylation sites is 1. The zero-order valence-electron chi connectivity index (χ0n) is 10.7. The molecule has 0 unspecified atom stereocenters. The number of hydrogen-bond acceptors (Lipinski definition) is 4. The molecule has 0 amide bonds. The van der Waals surface area contributed by atoms with Gasteiger partial charge in [-0.1, -0.05) is 24.3 Å². The van der Waals surface area contributed by atoms with Crippen LogP contribution >= 0.6 is 0 Å². The smallest absolute Gasteiger partial charge is 0.276 e. The van der Waals surface area contributed by atoms with Gasteiger partial charge in [0.05, 0.1) is 16.6 Å². The van der Waals surface area contributed by atoms with Crippen molar-refractivity contribution in [2.45, 2.75) is 18.9 Å². The molecule has 1 N–H and O–H groups in total. The topological polar surface area (TPSA) is 66.6 Å². The Labute approximate surface area is 112 Å². The van der Waals surface area contributed by atoms with E-state index in [1.807, 2.05) is 6.08 Å². The lowest BCUT2D eigenvalue weighted by molar-refractivity contribution is -0.385. The van der Waals surface area contributed by atoms with Crippen LogP contribution in [0.3, 0.4) is 0 Å². The first-order valence-electron chi connectivity index (χ1n) is 6.47. The van der Waals surface area contributed by atoms with Crippen LogP contribution in [0.5, 0.6) is 0 Å². The average Bonchev–Trinajstić information content (AvgIpc) is 2.39. The van der Waals surface area contributed by atoms with E-state index in [0.717, 1.165) is 19.4 Å². The molecule has 5 nitrogen and oxygen atoms in total. The van der Waals surface area contributed by atoms with Crippen LogP contribution in [0.2, 0.25) is 0 Å². The van der Waals surface area contributed by atoms with Gasteiger partial charge >= 0.3 is 0 Å². The highest BCUT2D eigenvalue weighted by atomic mass is 16.6. The van der Waals surface area contributed by atoms with Crippen LogP contribution in [0.4, 0.5) is 5.69 Å². The van der Waals surface area contributed by atoms with Gasteiger partial charge in [-0.05, 0) is 25.5 Å². The molecule has 1 atom stereocenters. The summed E-state index contributed by atoms with van der Waals surface area (Å²) in [6, 6.07) is 6.69. The molecule has 1 heterocycles. The van der Waals surface area contributed by atoms with Crippen LogP contribution in [-0.2, 0) is 0 Å². The fourth-order valence-electron chi connectivity index (χ4n) is 2.32. The predicted molar refractivity (Wildman–Crippen MR) is 73.8 cm³/mol. The minimum Gasteiger partial charge on any atom is -0.392 e. The van der Waals surface area contributed by atoms with E-state index < -0.39 is 0 Å². The lowest BCUT2D eigenvalue weighted by Crippen LogP contribution is -2.38. The average molecular weight is 262 g/mol. The number of nitro groups is 1. The number of aliphatic hydroxyl groups is 1. The number of likely N-dealkylation sites (tertiary alicyclic amines) is 1. The highest BCUT2D eigenvalue weighted by Crippen LogP contribution is 2.19. The summed E-state index contributed by atoms with van der Waals surface area (Å²) < 4.78 is 0. The van der Waals surface area contributed by atoms with Crippen molar-refractivity contribution in [3.8, 4) is 0 Å². The molecule has 0 aliphatic carbocycles. The van der Waals surface area contributed by atoms with Gasteiger partial charge in [0.1, 0.15) is 0 Å². The Morgan fingerprint density at radius 1 is 1.47 bits per heavy atom. The molecule has 1 aliphatic rings. The van der Waals surface area contributed by atoms with E-state index in [9.17, 15) is 15.2 Å². The van der Waals surface area contributed by atoms with E-state index in [-0.39, 0.29) is 16.7 Å². The first-order chi connectivity index (χ1) is 9.16. The standard InChI is InChI=1S/C14H18N2O3/c17-13-7-4-10-15(11-13)9-3-6-12-5-1-2-8-14(12)16(18)19/h1-3,5-6,8,13,17H,4,7,9-11H2/b6-3+/t13-/m0/s1. The van der Waals surface area contributed by atoms with Gasteiger partial charge in [0, 0.05) is 19.2 Å². The molecule has 102 valence electrons. The Kier molecular flexibility index (Phi) is 4.65. The molecule has 0 radical (unpaired) electrons. The number of benzene rings is 1. The molecule has 0 spiro atoms. The van der Waals surface area contributed by atoms with Crippen LogP contribution in [0.15, 0.2) is 30.3 Å². The number of rotatable bonds is 4. The molecule has 0 aromatic heterocycles. The van der Waals surface area contributed by atoms with Gasteiger partial charge in [0.2, 0.25) is 0 Å². The number of nitro benzene ring substituents is 1. The fourth-order valence-corrected chi connectivity index (χ4v) is 2.32. The van der Waals surface area contributed by atoms with Gasteiger partial charge in [0.15, 0.2) is 0 Å². The molecule has 2 rings (SSSR count). The fraction of sp³-hybridized carbons (Fsp3) is 0.429. The molecule has 1 aliphatic heterocycles. The lowest BCUT2D eigenvalue weighted by Gasteiger charge is -2.28. The van der Waals surface area contributed by atoms with Gasteiger partial charge in [-0.3, -0.25) is 15.0 Å². The maximum absolute atomic E-state index is 10.9. The number of piperidine rings is 1. The third-order valence-electron chi connectivity index (χ3n) is 3.28. The Morgan fingerprint density at radius 3 is 3.00 bits per heavy atom. The molecular formula is C14H18N2O3. The Bertz CT molecular complexity index is 474. The second kappa shape index (κ2) is 6.45. The van der Waals surface area contributed by atoms with Crippen molar-refractivity contribution in [3.05, 3.63) is 46.0 Å². The summed E-state index contributed by atoms with van der Waals surface area (Å²) in [7, 11) is 0. The molecule has 0 bridgehead atoms. The second-order valence-corrected chi connectivity index (χ2v) is 4.77. The summed E-state index contributed by atoms with van der Waals surface area (Å²) >= 11 is 0. The van der Waals surface area contributed by atoms with Gasteiger partial charge in [-0.2, -0.15) is 0 Å². The number of hydrogen-bond donors (Lipinski definition) is 1. The molecular weight excluding hydrogens is 244 g/mol. The molecule has 19 heavy (non-hydrogen) atoms. The van der Waals surface area contributed by atoms with Gasteiger partial charge in [-0.25, -0.2) is 0 Å². The Balaban J connectivity index is 1.97. The third-order valence-corrected chi connectivity index (χ3v) is 3.28. The summed E-state index contributed by atoms with van der Waals surface area (Å²) in [5.74, 6) is 0. The minimum atomic E-state index is -0.371. The van der Waals surface area contributed by atoms with Crippen molar-refractivity contribution in [1.82, 2.24) is 4.90 Å². The van der Waals surface area contributed by atoms with E-state index in [4.69, 9.17) is 0 Å². The van der Waals surface area contributed by atoms with Crippen molar-refractivity contribution in [3.63, 3.8) is 0 Å². The molecule has 1 aromatic carbocycles. The molecule has 1 saturated heterocycles. The molecule has 1 aromatic rings. The maximum atomic E-state index is 10.9. The SMILES string of the molecule is O=[N+]([O-])c1ccccc1/C=C/CN1CCC[C@H](O)C1. The number of nitrogens with zero attached hydrogens (tertiary/aromatic N) is 2. The Morgan fingerprint density at radius 2 is 2.26 bits per heavy atom. The summed E-state index contributed by atoms with van der Waals surface area (Å²) in [4.78, 5) is 12.6. The number of aliphatic hydroxyl groups excluding tert-OH is 1. The van der Waals surface area contributed by atoms with E-state index >= 15 is 0 Å². The first-order valence-corrected chi connectivity index (χ1v) is 6.47. The van der Waals surface area contributed by atoms with E-state index in [1.54, 1.807) is 24.3 Å². The normalized spacial score (nSPS) is 20.8. The van der Waals surface area contributed by atoms with Crippen LogP contribution in [-0.4, -0.2) is 40.7 Å². The Hall–Kier alpha value is -1.72. The van der Waals surface area contributed by atoms with Crippen LogP contribution < -0.4 is 0 Å². The van der Waals surface area contributed by atoms with Gasteiger partial charge in [0.25, 0.3) is 5.69 Å². The van der Waals surface area contributed by atoms with E-state index in [2.05, 4.69) is 4.90 Å². The van der Waals surface area contributed by atoms with Crippen molar-refractivity contribution >= 4 is 11.8 Å². The predicted octanol–water partition coefficient (Wildman–Crippen LogP) is 2.06. The van der Waals surface area contributed by atoms with Crippen molar-refractivity contribution in [2.75, 3.05) is 19.6 Å². The molecule has 0 saturated carbocycles. The third kappa shape index (κ3) is 3.87. The summed E-state index contributed by atoms with van der Waals surface area (Å²) in [5, 5.41) is 20.4. The summed E-state index contributed by atoms with van der Waals surface area (Å²) in [6.07, 6.45) is 5.32. The van der Waals surface area contributed by atoms with Crippen molar-refractivity contribution in [2.24, 2.45) is 0 Å². The zero-order valence-corrected chi connectivity index (χ0v) is 10.7. The highest BCUT2D eigenvalue weighted by molar-refractivity contribution is 5.60. The molecule has 1 fully saturated rings. The summed E-state index contributed by atoms with van der Waals surface area (Å²) in [5.41, 5.74) is 0.738. The van der Waals surface area contributed by atoms with Crippen LogP contribution in [0, 0.1) is 10.1 Å². The largest absolute Gasteiger partial charge is 0.392 e. The maximum Gasteiger partial charge on any atom is 0.276 e. The van der Waals surface area contributed by atoms with Crippen molar-refractivity contribution in [1.29, 1.82) is 0 Å². The second-order valence-electron chi connectivity index (χ2n) is 4.77. The van der Waals surface area contributed by atoms with Crippen LogP contribution in [0.25, 0.3) is 6.08 Å². The monoisotopic (exact) mass is 262 g/mol. The lowest BCUT2D eigenvalue weighted by atomic mass is 10.1. The van der Waals surface area contributed by atoms with Crippen molar-refractivity contribution < 1.29 is 10.0 Å². The first kappa shape index (κ1) is 13.7. The van der Waals surface area contributed by atoms with Gasteiger partial charge in [-0.15, -0.1) is 0 Å². The van der Waals surface area contributed by atoms with Gasteiger partial charge < -0.3 is 5.11 Å². The van der Waals surface area contributed by atoms with E-state index in [1.165, 1.54) is 6.07 Å². The quantitative estimate of drug-likeness (QED) is 0.666. The number of β-amino-alcohol motifs (C(OH)–C–C–N with tert-alkyl or cyclic N) is 1. The zero-order chi connectivity index (χ0) is 13.7. The molecule has 5 heteroatoms. The van der Waals surface area contributed by atoms with E-state index in [0.29, 0.717) is 18.7 Å². The highest BCUT2D eigenvalue weighted by Gasteiger charge is 2.16.